The van der Waals surface area contributed by atoms with E-state index in [2.05, 4.69) is 0 Å². The zero-order chi connectivity index (χ0) is 19.6. The van der Waals surface area contributed by atoms with Crippen LogP contribution in [-0.4, -0.2) is 50.1 Å². The van der Waals surface area contributed by atoms with Crippen molar-refractivity contribution in [1.29, 1.82) is 0 Å². The summed E-state index contributed by atoms with van der Waals surface area (Å²) in [6.07, 6.45) is 0. The molecule has 1 atom stereocenters. The molecule has 1 fully saturated rings. The van der Waals surface area contributed by atoms with Crippen molar-refractivity contribution in [3.63, 3.8) is 0 Å². The number of piperazine rings is 1. The van der Waals surface area contributed by atoms with Gasteiger partial charge in [0.05, 0.1) is 19.9 Å². The second-order valence-corrected chi connectivity index (χ2v) is 6.65. The van der Waals surface area contributed by atoms with Crippen LogP contribution >= 0.6 is 11.6 Å². The maximum absolute atomic E-state index is 13.0. The summed E-state index contributed by atoms with van der Waals surface area (Å²) in [4.78, 5) is 29.0. The van der Waals surface area contributed by atoms with Gasteiger partial charge >= 0.3 is 0 Å². The third-order valence-corrected chi connectivity index (χ3v) is 4.94. The van der Waals surface area contributed by atoms with E-state index < -0.39 is 6.04 Å². The molecule has 0 radical (unpaired) electrons. The predicted octanol–water partition coefficient (Wildman–Crippen LogP) is 3.23. The van der Waals surface area contributed by atoms with Crippen LogP contribution in [0.1, 0.15) is 17.3 Å². The van der Waals surface area contributed by atoms with E-state index in [1.807, 2.05) is 0 Å². The molecule has 7 heteroatoms. The van der Waals surface area contributed by atoms with Crippen molar-refractivity contribution in [3.05, 3.63) is 53.1 Å². The van der Waals surface area contributed by atoms with Crippen LogP contribution in [0.3, 0.4) is 0 Å². The van der Waals surface area contributed by atoms with E-state index >= 15 is 0 Å². The Bertz CT molecular complexity index is 854. The van der Waals surface area contributed by atoms with Gasteiger partial charge in [0.25, 0.3) is 5.91 Å². The van der Waals surface area contributed by atoms with Crippen molar-refractivity contribution in [2.24, 2.45) is 0 Å². The molecule has 0 saturated carbocycles. The first-order valence-electron chi connectivity index (χ1n) is 8.56. The fraction of sp³-hybridized carbons (Fsp3) is 0.300. The molecule has 0 unspecified atom stereocenters. The number of nitrogens with zero attached hydrogens (tertiary/aromatic N) is 2. The smallest absolute Gasteiger partial charge is 0.254 e. The van der Waals surface area contributed by atoms with Crippen molar-refractivity contribution in [2.75, 3.05) is 32.2 Å². The molecule has 3 rings (SSSR count). The summed E-state index contributed by atoms with van der Waals surface area (Å²) in [6.45, 7) is 2.53. The lowest BCUT2D eigenvalue weighted by atomic mass is 10.1. The standard InChI is InChI=1S/C20H21ClN2O4/c1-13-19(24)23(17-9-8-16(26-2)12-18(17)27-3)11-10-22(13)20(25)14-4-6-15(21)7-5-14/h4-9,12-13H,10-11H2,1-3H3/t13-/m1/s1. The molecule has 0 aliphatic carbocycles. The quantitative estimate of drug-likeness (QED) is 0.806. The molecule has 2 amide bonds. The number of ether oxygens (including phenoxy) is 2. The monoisotopic (exact) mass is 388 g/mol. The van der Waals surface area contributed by atoms with Crippen LogP contribution in [-0.2, 0) is 4.79 Å². The Morgan fingerprint density at radius 3 is 2.41 bits per heavy atom. The molecule has 1 saturated heterocycles. The van der Waals surface area contributed by atoms with E-state index in [9.17, 15) is 9.59 Å². The van der Waals surface area contributed by atoms with Crippen LogP contribution in [0.15, 0.2) is 42.5 Å². The average Bonchev–Trinajstić information content (AvgIpc) is 2.69. The van der Waals surface area contributed by atoms with E-state index in [0.29, 0.717) is 40.9 Å². The Labute approximate surface area is 163 Å². The summed E-state index contributed by atoms with van der Waals surface area (Å²) >= 11 is 5.88. The Hall–Kier alpha value is -2.73. The minimum atomic E-state index is -0.589. The summed E-state index contributed by atoms with van der Waals surface area (Å²) in [5, 5.41) is 0.562. The lowest BCUT2D eigenvalue weighted by Gasteiger charge is -2.39. The van der Waals surface area contributed by atoms with E-state index in [0.717, 1.165) is 0 Å². The molecule has 2 aromatic rings. The average molecular weight is 389 g/mol. The van der Waals surface area contributed by atoms with Crippen molar-refractivity contribution >= 4 is 29.1 Å². The maximum atomic E-state index is 13.0. The van der Waals surface area contributed by atoms with Crippen LogP contribution in [0.5, 0.6) is 11.5 Å². The first-order chi connectivity index (χ1) is 13.0. The number of anilines is 1. The Kier molecular flexibility index (Phi) is 5.56. The number of hydrogen-bond acceptors (Lipinski definition) is 4. The molecule has 1 heterocycles. The normalized spacial score (nSPS) is 17.0. The molecule has 6 nitrogen and oxygen atoms in total. The molecule has 0 N–H and O–H groups in total. The van der Waals surface area contributed by atoms with Crippen molar-refractivity contribution < 1.29 is 19.1 Å². The van der Waals surface area contributed by atoms with Gasteiger partial charge in [-0.15, -0.1) is 0 Å². The lowest BCUT2D eigenvalue weighted by molar-refractivity contribution is -0.124. The first kappa shape index (κ1) is 19.0. The highest BCUT2D eigenvalue weighted by Crippen LogP contribution is 2.34. The zero-order valence-electron chi connectivity index (χ0n) is 15.4. The van der Waals surface area contributed by atoms with Gasteiger partial charge in [-0.05, 0) is 43.3 Å². The second-order valence-electron chi connectivity index (χ2n) is 6.21. The van der Waals surface area contributed by atoms with Crippen LogP contribution in [0.4, 0.5) is 5.69 Å². The van der Waals surface area contributed by atoms with Gasteiger partial charge < -0.3 is 19.3 Å². The molecule has 1 aliphatic heterocycles. The Balaban J connectivity index is 1.82. The summed E-state index contributed by atoms with van der Waals surface area (Å²) in [6, 6.07) is 11.4. The highest BCUT2D eigenvalue weighted by molar-refractivity contribution is 6.30. The van der Waals surface area contributed by atoms with Gasteiger partial charge in [-0.2, -0.15) is 0 Å². The fourth-order valence-electron chi connectivity index (χ4n) is 3.15. The van der Waals surface area contributed by atoms with Crippen LogP contribution in [0.25, 0.3) is 0 Å². The Morgan fingerprint density at radius 2 is 1.78 bits per heavy atom. The minimum absolute atomic E-state index is 0.160. The summed E-state index contributed by atoms with van der Waals surface area (Å²) in [5.74, 6) is 0.848. The molecule has 0 aromatic heterocycles. The predicted molar refractivity (Wildman–Crippen MR) is 104 cm³/mol. The largest absolute Gasteiger partial charge is 0.497 e. The first-order valence-corrected chi connectivity index (χ1v) is 8.94. The molecule has 27 heavy (non-hydrogen) atoms. The highest BCUT2D eigenvalue weighted by atomic mass is 35.5. The number of benzene rings is 2. The summed E-state index contributed by atoms with van der Waals surface area (Å²) < 4.78 is 10.6. The zero-order valence-corrected chi connectivity index (χ0v) is 16.2. The van der Waals surface area contributed by atoms with Crippen molar-refractivity contribution in [1.82, 2.24) is 4.90 Å². The van der Waals surface area contributed by atoms with Crippen LogP contribution in [0, 0.1) is 0 Å². The van der Waals surface area contributed by atoms with Gasteiger partial charge in [-0.25, -0.2) is 0 Å². The number of carbonyl (C=O) groups excluding carboxylic acids is 2. The van der Waals surface area contributed by atoms with Crippen molar-refractivity contribution in [2.45, 2.75) is 13.0 Å². The Morgan fingerprint density at radius 1 is 1.07 bits per heavy atom. The maximum Gasteiger partial charge on any atom is 0.254 e. The van der Waals surface area contributed by atoms with Gasteiger partial charge in [0.2, 0.25) is 5.91 Å². The topological polar surface area (TPSA) is 59.1 Å². The SMILES string of the molecule is COc1ccc(N2CCN(C(=O)c3ccc(Cl)cc3)[C@H](C)C2=O)c(OC)c1. The molecule has 0 spiro atoms. The number of methoxy groups -OCH3 is 2. The number of rotatable bonds is 4. The van der Waals surface area contributed by atoms with Gasteiger partial charge in [-0.1, -0.05) is 11.6 Å². The van der Waals surface area contributed by atoms with Crippen LogP contribution < -0.4 is 14.4 Å². The summed E-state index contributed by atoms with van der Waals surface area (Å²) in [5.41, 5.74) is 1.17. The third-order valence-electron chi connectivity index (χ3n) is 4.69. The van der Waals surface area contributed by atoms with E-state index in [4.69, 9.17) is 21.1 Å². The number of halogens is 1. The number of carbonyl (C=O) groups is 2. The molecule has 142 valence electrons. The second kappa shape index (κ2) is 7.88. The lowest BCUT2D eigenvalue weighted by Crippen LogP contribution is -2.57. The molecule has 1 aliphatic rings. The highest BCUT2D eigenvalue weighted by Gasteiger charge is 2.36. The third kappa shape index (κ3) is 3.71. The van der Waals surface area contributed by atoms with Crippen molar-refractivity contribution in [3.8, 4) is 11.5 Å². The fourth-order valence-corrected chi connectivity index (χ4v) is 3.28. The van der Waals surface area contributed by atoms with Gasteiger partial charge in [0.15, 0.2) is 0 Å². The molecular formula is C20H21ClN2O4. The van der Waals surface area contributed by atoms with Gasteiger partial charge in [0, 0.05) is 29.7 Å². The number of amides is 2. The molecule has 0 bridgehead atoms. The molecular weight excluding hydrogens is 368 g/mol. The van der Waals surface area contributed by atoms with Crippen LogP contribution in [0.2, 0.25) is 5.02 Å². The van der Waals surface area contributed by atoms with E-state index in [-0.39, 0.29) is 11.8 Å². The molecule has 2 aromatic carbocycles. The number of hydrogen-bond donors (Lipinski definition) is 0. The minimum Gasteiger partial charge on any atom is -0.497 e. The van der Waals surface area contributed by atoms with Gasteiger partial charge in [-0.3, -0.25) is 9.59 Å². The van der Waals surface area contributed by atoms with Gasteiger partial charge in [0.1, 0.15) is 17.5 Å². The van der Waals surface area contributed by atoms with E-state index in [1.165, 1.54) is 0 Å². The summed E-state index contributed by atoms with van der Waals surface area (Å²) in [7, 11) is 3.12. The van der Waals surface area contributed by atoms with E-state index in [1.54, 1.807) is 73.4 Å².